The van der Waals surface area contributed by atoms with Crippen molar-refractivity contribution in [2.45, 2.75) is 32.6 Å². The lowest BCUT2D eigenvalue weighted by Gasteiger charge is -2.28. The lowest BCUT2D eigenvalue weighted by molar-refractivity contribution is -0.116. The number of nitrogens with zero attached hydrogens (tertiary/aromatic N) is 1. The summed E-state index contributed by atoms with van der Waals surface area (Å²) in [5, 5.41) is 0. The summed E-state index contributed by atoms with van der Waals surface area (Å²) in [5.74, 6) is 0.991. The Hall–Kier alpha value is -1.35. The molecule has 1 saturated heterocycles. The minimum Gasteiger partial charge on any atom is -0.381 e. The number of fused-ring (bicyclic) bond motifs is 1. The zero-order valence-electron chi connectivity index (χ0n) is 12.2. The summed E-state index contributed by atoms with van der Waals surface area (Å²) in [7, 11) is 0. The molecule has 2 aliphatic heterocycles. The number of anilines is 1. The van der Waals surface area contributed by atoms with E-state index >= 15 is 0 Å². The van der Waals surface area contributed by atoms with Crippen molar-refractivity contribution in [2.24, 2.45) is 5.92 Å². The first-order valence-corrected chi connectivity index (χ1v) is 7.66. The molecule has 0 unspecified atom stereocenters. The Morgan fingerprint density at radius 3 is 2.90 bits per heavy atom. The molecule has 0 N–H and O–H groups in total. The lowest BCUT2D eigenvalue weighted by atomic mass is 9.99. The molecule has 2 aliphatic rings. The van der Waals surface area contributed by atoms with Crippen molar-refractivity contribution < 1.29 is 9.53 Å². The third-order valence-corrected chi connectivity index (χ3v) is 4.41. The maximum Gasteiger partial charge on any atom is 0.134 e. The Bertz CT molecular complexity index is 492. The average molecular weight is 273 g/mol. The van der Waals surface area contributed by atoms with Gasteiger partial charge in [0.25, 0.3) is 0 Å². The molecule has 3 rings (SSSR count). The van der Waals surface area contributed by atoms with Gasteiger partial charge in [0, 0.05) is 38.4 Å². The Balaban J connectivity index is 1.72. The minimum atomic E-state index is 0.235. The summed E-state index contributed by atoms with van der Waals surface area (Å²) in [6.07, 6.45) is 4.05. The van der Waals surface area contributed by atoms with Gasteiger partial charge in [-0.2, -0.15) is 0 Å². The van der Waals surface area contributed by atoms with Gasteiger partial charge < -0.3 is 9.64 Å². The molecule has 20 heavy (non-hydrogen) atoms. The number of hydrogen-bond acceptors (Lipinski definition) is 3. The van der Waals surface area contributed by atoms with Crippen LogP contribution in [-0.2, 0) is 22.4 Å². The summed E-state index contributed by atoms with van der Waals surface area (Å²) in [5.41, 5.74) is 3.94. The molecule has 0 amide bonds. The molecule has 3 heteroatoms. The van der Waals surface area contributed by atoms with Crippen molar-refractivity contribution in [1.82, 2.24) is 0 Å². The molecule has 0 atom stereocenters. The molecule has 2 heterocycles. The van der Waals surface area contributed by atoms with Crippen molar-refractivity contribution in [2.75, 3.05) is 31.2 Å². The highest BCUT2D eigenvalue weighted by Gasteiger charge is 2.23. The number of benzene rings is 1. The topological polar surface area (TPSA) is 29.5 Å². The first kappa shape index (κ1) is 13.6. The number of hydrogen-bond donors (Lipinski definition) is 0. The Morgan fingerprint density at radius 2 is 2.15 bits per heavy atom. The van der Waals surface area contributed by atoms with Crippen LogP contribution in [-0.4, -0.2) is 32.1 Å². The third kappa shape index (κ3) is 3.04. The van der Waals surface area contributed by atoms with Gasteiger partial charge in [0.05, 0.1) is 0 Å². The first-order valence-electron chi connectivity index (χ1n) is 7.66. The van der Waals surface area contributed by atoms with E-state index in [1.54, 1.807) is 6.92 Å². The van der Waals surface area contributed by atoms with E-state index in [0.717, 1.165) is 44.2 Å². The van der Waals surface area contributed by atoms with Crippen molar-refractivity contribution in [3.63, 3.8) is 0 Å². The van der Waals surface area contributed by atoms with E-state index < -0.39 is 0 Å². The first-order chi connectivity index (χ1) is 9.72. The Morgan fingerprint density at radius 1 is 1.35 bits per heavy atom. The van der Waals surface area contributed by atoms with Gasteiger partial charge in [0.1, 0.15) is 5.78 Å². The summed E-state index contributed by atoms with van der Waals surface area (Å²) in [4.78, 5) is 13.8. The second-order valence-corrected chi connectivity index (χ2v) is 6.09. The van der Waals surface area contributed by atoms with Gasteiger partial charge in [-0.1, -0.05) is 12.1 Å². The molecule has 0 bridgehead atoms. The minimum absolute atomic E-state index is 0.235. The maximum absolute atomic E-state index is 11.3. The zero-order valence-corrected chi connectivity index (χ0v) is 12.2. The maximum atomic E-state index is 11.3. The fraction of sp³-hybridized carbons (Fsp3) is 0.588. The second kappa shape index (κ2) is 5.96. The third-order valence-electron chi connectivity index (χ3n) is 4.41. The van der Waals surface area contributed by atoms with E-state index in [9.17, 15) is 4.79 Å². The number of rotatable bonds is 4. The largest absolute Gasteiger partial charge is 0.381 e. The van der Waals surface area contributed by atoms with Gasteiger partial charge in [-0.25, -0.2) is 0 Å². The standard InChI is InChI=1S/C17H23NO2/c1-13(19)10-15-2-3-16-4-7-18(17(16)11-15)12-14-5-8-20-9-6-14/h2-3,11,14H,4-10,12H2,1H3. The Kier molecular flexibility index (Phi) is 4.06. The molecule has 3 nitrogen and oxygen atoms in total. The molecule has 0 spiro atoms. The predicted molar refractivity (Wildman–Crippen MR) is 80.3 cm³/mol. The molecule has 1 fully saturated rings. The van der Waals surface area contributed by atoms with Crippen LogP contribution in [0.15, 0.2) is 18.2 Å². The number of carbonyl (C=O) groups excluding carboxylic acids is 1. The van der Waals surface area contributed by atoms with E-state index in [1.807, 2.05) is 0 Å². The number of ketones is 1. The molecule has 1 aromatic carbocycles. The van der Waals surface area contributed by atoms with Crippen LogP contribution in [0.1, 0.15) is 30.9 Å². The summed E-state index contributed by atoms with van der Waals surface area (Å²) >= 11 is 0. The van der Waals surface area contributed by atoms with Crippen LogP contribution in [0.4, 0.5) is 5.69 Å². The van der Waals surface area contributed by atoms with Crippen molar-refractivity contribution in [3.05, 3.63) is 29.3 Å². The number of ether oxygens (including phenoxy) is 1. The fourth-order valence-electron chi connectivity index (χ4n) is 3.32. The van der Waals surface area contributed by atoms with Crippen molar-refractivity contribution in [1.29, 1.82) is 0 Å². The summed E-state index contributed by atoms with van der Waals surface area (Å²) < 4.78 is 5.44. The van der Waals surface area contributed by atoms with Crippen LogP contribution in [0.5, 0.6) is 0 Å². The summed E-state index contributed by atoms with van der Waals surface area (Å²) in [6.45, 7) is 5.74. The van der Waals surface area contributed by atoms with Gasteiger partial charge in [0.15, 0.2) is 0 Å². The molecular formula is C17H23NO2. The highest BCUT2D eigenvalue weighted by atomic mass is 16.5. The smallest absolute Gasteiger partial charge is 0.134 e. The summed E-state index contributed by atoms with van der Waals surface area (Å²) in [6, 6.07) is 6.54. The fourth-order valence-corrected chi connectivity index (χ4v) is 3.32. The van der Waals surface area contributed by atoms with Gasteiger partial charge in [-0.15, -0.1) is 0 Å². The molecule has 0 aliphatic carbocycles. The van der Waals surface area contributed by atoms with Gasteiger partial charge in [-0.05, 0) is 49.3 Å². The zero-order chi connectivity index (χ0) is 13.9. The van der Waals surface area contributed by atoms with E-state index in [4.69, 9.17) is 4.74 Å². The lowest BCUT2D eigenvalue weighted by Crippen LogP contribution is -2.31. The normalized spacial score (nSPS) is 19.1. The van der Waals surface area contributed by atoms with Crippen molar-refractivity contribution >= 4 is 11.5 Å². The van der Waals surface area contributed by atoms with E-state index in [0.29, 0.717) is 6.42 Å². The van der Waals surface area contributed by atoms with E-state index in [-0.39, 0.29) is 5.78 Å². The average Bonchev–Trinajstić information content (AvgIpc) is 2.82. The highest BCUT2D eigenvalue weighted by molar-refractivity contribution is 5.78. The molecular weight excluding hydrogens is 250 g/mol. The van der Waals surface area contributed by atoms with Crippen LogP contribution in [0.2, 0.25) is 0 Å². The molecule has 108 valence electrons. The van der Waals surface area contributed by atoms with Gasteiger partial charge in [-0.3, -0.25) is 4.79 Å². The molecule has 0 aromatic heterocycles. The van der Waals surface area contributed by atoms with Gasteiger partial charge >= 0.3 is 0 Å². The van der Waals surface area contributed by atoms with Crippen LogP contribution in [0.3, 0.4) is 0 Å². The molecule has 0 radical (unpaired) electrons. The predicted octanol–water partition coefficient (Wildman–Crippen LogP) is 2.61. The molecule has 0 saturated carbocycles. The monoisotopic (exact) mass is 273 g/mol. The van der Waals surface area contributed by atoms with E-state index in [1.165, 1.54) is 24.1 Å². The van der Waals surface area contributed by atoms with Crippen LogP contribution >= 0.6 is 0 Å². The second-order valence-electron chi connectivity index (χ2n) is 6.09. The van der Waals surface area contributed by atoms with E-state index in [2.05, 4.69) is 23.1 Å². The Labute approximate surface area is 120 Å². The number of carbonyl (C=O) groups is 1. The number of Topliss-reactive ketones (excluding diaryl/α,β-unsaturated/α-hetero) is 1. The SMILES string of the molecule is CC(=O)Cc1ccc2c(c1)N(CC1CCOCC1)CC2. The quantitative estimate of drug-likeness (QED) is 0.844. The van der Waals surface area contributed by atoms with Gasteiger partial charge in [0.2, 0.25) is 0 Å². The van der Waals surface area contributed by atoms with Crippen LogP contribution in [0.25, 0.3) is 0 Å². The van der Waals surface area contributed by atoms with Crippen molar-refractivity contribution in [3.8, 4) is 0 Å². The molecule has 1 aromatic rings. The van der Waals surface area contributed by atoms with Crippen LogP contribution in [0, 0.1) is 5.92 Å². The highest BCUT2D eigenvalue weighted by Crippen LogP contribution is 2.31. The van der Waals surface area contributed by atoms with Crippen LogP contribution < -0.4 is 4.90 Å².